The van der Waals surface area contributed by atoms with E-state index in [1.54, 1.807) is 0 Å². The third kappa shape index (κ3) is 6.93. The average Bonchev–Trinajstić information content (AvgIpc) is 2.88. The van der Waals surface area contributed by atoms with E-state index < -0.39 is 22.3 Å². The van der Waals surface area contributed by atoms with Gasteiger partial charge in [-0.25, -0.2) is 9.18 Å². The average molecular weight is 557 g/mol. The number of carboxylic acid groups (broad SMARTS) is 1. The molecule has 0 aliphatic heterocycles. The number of quaternary nitrogens is 1. The number of ketones is 1. The Balaban J connectivity index is 1.97. The quantitative estimate of drug-likeness (QED) is 0.106. The predicted octanol–water partition coefficient (Wildman–Crippen LogP) is 7.10. The van der Waals surface area contributed by atoms with Crippen molar-refractivity contribution in [3.8, 4) is 5.75 Å². The number of benzene rings is 2. The molecule has 3 rings (SSSR count). The summed E-state index contributed by atoms with van der Waals surface area (Å²) >= 11 is 0. The van der Waals surface area contributed by atoms with Crippen LogP contribution in [-0.2, 0) is 0 Å². The fourth-order valence-electron chi connectivity index (χ4n) is 5.07. The van der Waals surface area contributed by atoms with Crippen LogP contribution in [0.5, 0.6) is 5.75 Å². The summed E-state index contributed by atoms with van der Waals surface area (Å²) in [5, 5.41) is 31.0. The monoisotopic (exact) mass is 556 g/mol. The number of methoxy groups -OCH3 is 1. The third-order valence-electron chi connectivity index (χ3n) is 7.50. The molecule has 0 heterocycles. The Morgan fingerprint density at radius 3 is 2.33 bits per heavy atom. The number of aliphatic imine (C=N–C) groups is 1. The lowest BCUT2D eigenvalue weighted by Crippen LogP contribution is -2.45. The van der Waals surface area contributed by atoms with Crippen LogP contribution in [0.3, 0.4) is 0 Å². The van der Waals surface area contributed by atoms with Crippen LogP contribution in [0.1, 0.15) is 104 Å². The van der Waals surface area contributed by atoms with Crippen LogP contribution in [-0.4, -0.2) is 45.0 Å². The summed E-state index contributed by atoms with van der Waals surface area (Å²) in [6.07, 6.45) is 6.07. The van der Waals surface area contributed by atoms with Crippen molar-refractivity contribution in [1.29, 1.82) is 0 Å². The summed E-state index contributed by atoms with van der Waals surface area (Å²) in [5.74, 6) is -2.73. The van der Waals surface area contributed by atoms with Gasteiger partial charge in [-0.1, -0.05) is 32.9 Å². The number of rotatable bonds is 10. The lowest BCUT2D eigenvalue weighted by molar-refractivity contribution is -1.20. The number of Topliss-reactive ketones (excluding diaryl/α,β-unsaturated/α-hetero) is 1. The Kier molecular flexibility index (Phi) is 9.50. The molecule has 4 N–H and O–H groups in total. The number of ether oxygens (including phenoxy) is 1. The molecule has 0 saturated heterocycles. The molecule has 1 aliphatic rings. The van der Waals surface area contributed by atoms with Crippen LogP contribution < -0.4 is 10.2 Å². The first-order chi connectivity index (χ1) is 18.7. The second-order valence-electron chi connectivity index (χ2n) is 10.9. The molecule has 9 nitrogen and oxygen atoms in total. The normalized spacial score (nSPS) is 16.5. The van der Waals surface area contributed by atoms with Gasteiger partial charge >= 0.3 is 11.8 Å². The molecule has 10 heteroatoms. The van der Waals surface area contributed by atoms with Crippen LogP contribution in [0.15, 0.2) is 47.2 Å². The molecule has 0 spiro atoms. The second kappa shape index (κ2) is 12.3. The van der Waals surface area contributed by atoms with Crippen molar-refractivity contribution < 1.29 is 39.2 Å². The molecule has 2 aromatic rings. The van der Waals surface area contributed by atoms with Crippen molar-refractivity contribution in [2.24, 2.45) is 10.4 Å². The van der Waals surface area contributed by atoms with Gasteiger partial charge in [-0.2, -0.15) is 10.4 Å². The van der Waals surface area contributed by atoms with Crippen molar-refractivity contribution in [3.05, 3.63) is 70.3 Å². The lowest BCUT2D eigenvalue weighted by Gasteiger charge is -2.34. The van der Waals surface area contributed by atoms with Crippen LogP contribution in [0.25, 0.3) is 0 Å². The molecule has 0 atom stereocenters. The summed E-state index contributed by atoms with van der Waals surface area (Å²) in [7, 11) is 1.23. The fraction of sp³-hybridized carbons (Fsp3) is 0.433. The highest BCUT2D eigenvalue weighted by atomic mass is 19.1. The molecule has 0 bridgehead atoms. The zero-order valence-electron chi connectivity index (χ0n) is 23.9. The summed E-state index contributed by atoms with van der Waals surface area (Å²) < 4.78 is 19.5. The molecule has 1 aliphatic carbocycles. The van der Waals surface area contributed by atoms with E-state index in [0.717, 1.165) is 43.4 Å². The fourth-order valence-corrected chi connectivity index (χ4v) is 5.07. The van der Waals surface area contributed by atoms with Crippen LogP contribution >= 0.6 is 0 Å². The number of nitrogens with zero attached hydrogens (tertiary/aromatic N) is 2. The topological polar surface area (TPSA) is 128 Å². The maximum Gasteiger partial charge on any atom is 0.338 e. The van der Waals surface area contributed by atoms with Gasteiger partial charge in [0.15, 0.2) is 5.78 Å². The number of carbonyl (C=O) groups excluding carboxylic acids is 1. The number of anilines is 1. The molecule has 216 valence electrons. The molecule has 0 radical (unpaired) electrons. The number of hydrogen-bond acceptors (Lipinski definition) is 7. The first kappa shape index (κ1) is 30.9. The summed E-state index contributed by atoms with van der Waals surface area (Å²) in [4.78, 5) is 26.5. The van der Waals surface area contributed by atoms with Gasteiger partial charge in [0.1, 0.15) is 17.3 Å². The van der Waals surface area contributed by atoms with Crippen molar-refractivity contribution in [2.45, 2.75) is 72.6 Å². The van der Waals surface area contributed by atoms with Gasteiger partial charge in [-0.15, -0.1) is 10.4 Å². The van der Waals surface area contributed by atoms with Crippen LogP contribution in [0, 0.1) is 11.2 Å². The zero-order chi connectivity index (χ0) is 29.8. The lowest BCUT2D eigenvalue weighted by atomic mass is 9.71. The number of carbonyl (C=O) groups is 2. The van der Waals surface area contributed by atoms with E-state index in [2.05, 4.69) is 24.3 Å². The molecule has 40 heavy (non-hydrogen) atoms. The maximum atomic E-state index is 14.4. The van der Waals surface area contributed by atoms with E-state index in [9.17, 15) is 29.5 Å². The number of halogens is 1. The van der Waals surface area contributed by atoms with E-state index in [-0.39, 0.29) is 23.0 Å². The third-order valence-corrected chi connectivity index (χ3v) is 7.50. The van der Waals surface area contributed by atoms with Crippen molar-refractivity contribution >= 4 is 23.2 Å². The minimum atomic E-state index is -1.99. The maximum absolute atomic E-state index is 14.4. The first-order valence-corrected chi connectivity index (χ1v) is 13.4. The Bertz CT molecular complexity index is 1340. The van der Waals surface area contributed by atoms with Gasteiger partial charge in [-0.3, -0.25) is 4.79 Å². The Hall–Kier alpha value is -3.60. The predicted molar refractivity (Wildman–Crippen MR) is 149 cm³/mol. The number of carboxylic acids is 1. The zero-order valence-corrected chi connectivity index (χ0v) is 23.9. The number of aromatic carboxylic acids is 1. The molecular formula is C30H39FN3O6+. The van der Waals surface area contributed by atoms with E-state index in [0.29, 0.717) is 34.6 Å². The first-order valence-electron chi connectivity index (χ1n) is 13.4. The van der Waals surface area contributed by atoms with Crippen LogP contribution in [0.4, 0.5) is 10.1 Å². The van der Waals surface area contributed by atoms with Gasteiger partial charge in [0.05, 0.1) is 23.3 Å². The van der Waals surface area contributed by atoms with Gasteiger partial charge in [-0.05, 0) is 75.0 Å². The Morgan fingerprint density at radius 2 is 1.80 bits per heavy atom. The van der Waals surface area contributed by atoms with Crippen LogP contribution in [0.2, 0.25) is 0 Å². The van der Waals surface area contributed by atoms with Crippen molar-refractivity contribution in [3.63, 3.8) is 0 Å². The van der Waals surface area contributed by atoms with E-state index >= 15 is 0 Å². The van der Waals surface area contributed by atoms with Crippen molar-refractivity contribution in [1.82, 2.24) is 0 Å². The second-order valence-corrected chi connectivity index (χ2v) is 10.9. The molecule has 0 unspecified atom stereocenters. The van der Waals surface area contributed by atoms with E-state index in [1.807, 2.05) is 25.1 Å². The standard InChI is InChI=1S/C30H38FN3O6/c1-7-25(21-10-9-20(15-22(21)18(3)35)19-11-13-30(4,5)14-12-19)32-28(8-2)34(38,39)33-26-17-24(31)23(29(36)37)16-27(26)40-6/h8-10,15-17,19,33,38-39H,7,11-14H2,1-6H3/p+1/b28-8+,32-25+. The van der Waals surface area contributed by atoms with Gasteiger partial charge < -0.3 is 9.84 Å². The van der Waals surface area contributed by atoms with E-state index in [1.165, 1.54) is 27.0 Å². The Labute approximate surface area is 234 Å². The van der Waals surface area contributed by atoms with Crippen molar-refractivity contribution in [2.75, 3.05) is 12.5 Å². The number of hydrogen-bond donors (Lipinski definition) is 4. The van der Waals surface area contributed by atoms with Gasteiger partial charge in [0.25, 0.3) is 0 Å². The number of nitrogens with one attached hydrogen (secondary N) is 1. The van der Waals surface area contributed by atoms with Gasteiger partial charge in [0, 0.05) is 23.3 Å². The molecule has 0 aromatic heterocycles. The SMILES string of the molecule is C/C=C(\N=C(/CC)c1ccc(C2CCC(C)(C)CC2)cc1C(C)=O)[N+](O)(O)Nc1cc(F)c(C(=O)O)cc1OC. The number of hydroxylamine groups is 2. The minimum Gasteiger partial charge on any atom is -0.494 e. The molecule has 2 aromatic carbocycles. The number of allylic oxidation sites excluding steroid dienone is 1. The van der Waals surface area contributed by atoms with Gasteiger partial charge in [0.2, 0.25) is 0 Å². The summed E-state index contributed by atoms with van der Waals surface area (Å²) in [6, 6.07) is 7.53. The minimum absolute atomic E-state index is 0.123. The highest BCUT2D eigenvalue weighted by Gasteiger charge is 2.34. The highest BCUT2D eigenvalue weighted by molar-refractivity contribution is 6.10. The Morgan fingerprint density at radius 1 is 1.15 bits per heavy atom. The largest absolute Gasteiger partial charge is 0.494 e. The smallest absolute Gasteiger partial charge is 0.338 e. The molecule has 1 saturated carbocycles. The summed E-state index contributed by atoms with van der Waals surface area (Å²) in [5.41, 5.74) is 4.45. The highest BCUT2D eigenvalue weighted by Crippen LogP contribution is 2.42. The molecule has 0 amide bonds. The van der Waals surface area contributed by atoms with E-state index in [4.69, 9.17) is 4.74 Å². The molecular weight excluding hydrogens is 517 g/mol. The summed E-state index contributed by atoms with van der Waals surface area (Å²) in [6.45, 7) is 9.44. The molecule has 1 fully saturated rings.